The normalized spacial score (nSPS) is 12.2. The summed E-state index contributed by atoms with van der Waals surface area (Å²) in [6.07, 6.45) is 1.95. The van der Waals surface area contributed by atoms with Crippen LogP contribution in [0.5, 0.6) is 5.75 Å². The number of nitrogens with zero attached hydrogens (tertiary/aromatic N) is 2. The highest BCUT2D eigenvalue weighted by molar-refractivity contribution is 6.03. The van der Waals surface area contributed by atoms with Crippen molar-refractivity contribution in [2.24, 2.45) is 0 Å². The topological polar surface area (TPSA) is 59.2 Å². The zero-order chi connectivity index (χ0) is 38.8. The molecule has 9 rings (SSSR count). The van der Waals surface area contributed by atoms with Gasteiger partial charge in [0, 0.05) is 28.1 Å². The number of phenols is 1. The van der Waals surface area contributed by atoms with Gasteiger partial charge in [-0.05, 0) is 116 Å². The molecule has 0 spiro atoms. The molecular formula is C52H44N2O2. The number of benzene rings is 7. The summed E-state index contributed by atoms with van der Waals surface area (Å²) >= 11 is 0. The molecule has 0 aliphatic carbocycles. The van der Waals surface area contributed by atoms with E-state index in [1.807, 2.05) is 18.3 Å². The molecule has 0 saturated carbocycles. The number of aryl methyl sites for hydroxylation is 1. The standard InChI is InChI=1S/C52H44N2O2/c1-32-26-41(48-43(27-32)45(24-25-53-48)52(5,6)37-18-8-7-9-19-37)34-16-12-17-35(28-34)42-29-36(40-21-13-15-33-14-10-11-20-39(33)40)30-47-49(42)54-50(56-47)44-31-38(51(2,3)4)22-23-46(44)55/h7-31,55H,1-6H3. The van der Waals surface area contributed by atoms with Crippen molar-refractivity contribution >= 4 is 32.8 Å². The Labute approximate surface area is 328 Å². The second kappa shape index (κ2) is 13.3. The Hall–Kier alpha value is -6.52. The lowest BCUT2D eigenvalue weighted by molar-refractivity contribution is 0.473. The SMILES string of the molecule is Cc1cc(-c2cccc(-c3cc(-c4cccc5ccccc45)cc4oc(-c5cc(C(C)(C)C)ccc5O)nc34)c2)c2nccc(C(C)(C)c3ccccc3)c2c1. The van der Waals surface area contributed by atoms with Crippen LogP contribution >= 0.6 is 0 Å². The summed E-state index contributed by atoms with van der Waals surface area (Å²) in [6, 6.07) is 51.0. The van der Waals surface area contributed by atoms with Crippen LogP contribution in [0.4, 0.5) is 0 Å². The second-order valence-electron chi connectivity index (χ2n) is 16.5. The molecule has 0 atom stereocenters. The highest BCUT2D eigenvalue weighted by atomic mass is 16.3. The summed E-state index contributed by atoms with van der Waals surface area (Å²) in [7, 11) is 0. The van der Waals surface area contributed by atoms with E-state index in [4.69, 9.17) is 14.4 Å². The van der Waals surface area contributed by atoms with Crippen LogP contribution in [0.3, 0.4) is 0 Å². The maximum atomic E-state index is 11.1. The molecule has 56 heavy (non-hydrogen) atoms. The predicted molar refractivity (Wildman–Crippen MR) is 232 cm³/mol. The van der Waals surface area contributed by atoms with Crippen LogP contribution in [-0.2, 0) is 10.8 Å². The predicted octanol–water partition coefficient (Wildman–Crippen LogP) is 13.8. The average molecular weight is 729 g/mol. The van der Waals surface area contributed by atoms with E-state index in [2.05, 4.69) is 169 Å². The summed E-state index contributed by atoms with van der Waals surface area (Å²) in [5, 5.41) is 14.6. The minimum atomic E-state index is -0.228. The quantitative estimate of drug-likeness (QED) is 0.185. The first-order valence-electron chi connectivity index (χ1n) is 19.3. The third kappa shape index (κ3) is 6.12. The highest BCUT2D eigenvalue weighted by Crippen LogP contribution is 2.43. The van der Waals surface area contributed by atoms with Crippen LogP contribution < -0.4 is 0 Å². The number of pyridine rings is 1. The van der Waals surface area contributed by atoms with Crippen molar-refractivity contribution in [3.05, 3.63) is 174 Å². The van der Waals surface area contributed by atoms with Crippen molar-refractivity contribution in [3.63, 3.8) is 0 Å². The number of aromatic hydroxyl groups is 1. The minimum absolute atomic E-state index is 0.117. The molecule has 2 aromatic heterocycles. The highest BCUT2D eigenvalue weighted by Gasteiger charge is 2.27. The third-order valence-corrected chi connectivity index (χ3v) is 11.3. The van der Waals surface area contributed by atoms with Gasteiger partial charge in [-0.2, -0.15) is 0 Å². The zero-order valence-electron chi connectivity index (χ0n) is 32.7. The van der Waals surface area contributed by atoms with E-state index in [-0.39, 0.29) is 16.6 Å². The van der Waals surface area contributed by atoms with Gasteiger partial charge in [-0.15, -0.1) is 0 Å². The molecule has 1 N–H and O–H groups in total. The molecule has 7 aromatic carbocycles. The maximum Gasteiger partial charge on any atom is 0.231 e. The van der Waals surface area contributed by atoms with Crippen LogP contribution in [-0.4, -0.2) is 15.1 Å². The molecule has 4 nitrogen and oxygen atoms in total. The Morgan fingerprint density at radius 1 is 0.536 bits per heavy atom. The molecule has 2 heterocycles. The molecular weight excluding hydrogens is 685 g/mol. The average Bonchev–Trinajstić information content (AvgIpc) is 3.64. The zero-order valence-corrected chi connectivity index (χ0v) is 32.7. The van der Waals surface area contributed by atoms with Gasteiger partial charge in [0.2, 0.25) is 5.89 Å². The number of phenolic OH excluding ortho intramolecular Hbond substituents is 1. The Morgan fingerprint density at radius 3 is 2.04 bits per heavy atom. The molecule has 0 radical (unpaired) electrons. The Morgan fingerprint density at radius 2 is 1.25 bits per heavy atom. The fourth-order valence-corrected chi connectivity index (χ4v) is 8.20. The summed E-state index contributed by atoms with van der Waals surface area (Å²) in [4.78, 5) is 10.2. The van der Waals surface area contributed by atoms with E-state index < -0.39 is 0 Å². The van der Waals surface area contributed by atoms with Crippen LogP contribution in [0.25, 0.3) is 77.6 Å². The first-order valence-corrected chi connectivity index (χ1v) is 19.3. The van der Waals surface area contributed by atoms with E-state index in [0.29, 0.717) is 17.0 Å². The van der Waals surface area contributed by atoms with Gasteiger partial charge in [0.15, 0.2) is 5.58 Å². The third-order valence-electron chi connectivity index (χ3n) is 11.3. The number of hydrogen-bond acceptors (Lipinski definition) is 4. The number of aromatic nitrogens is 2. The molecule has 0 aliphatic rings. The Kier molecular flexibility index (Phi) is 8.39. The fraction of sp³-hybridized carbons (Fsp3) is 0.154. The van der Waals surface area contributed by atoms with E-state index in [9.17, 15) is 5.11 Å². The first kappa shape index (κ1) is 35.2. The maximum absolute atomic E-state index is 11.1. The first-order chi connectivity index (χ1) is 27.0. The molecule has 0 saturated heterocycles. The fourth-order valence-electron chi connectivity index (χ4n) is 8.20. The van der Waals surface area contributed by atoms with Gasteiger partial charge in [-0.1, -0.05) is 132 Å². The number of rotatable bonds is 6. The van der Waals surface area contributed by atoms with Gasteiger partial charge < -0.3 is 9.52 Å². The smallest absolute Gasteiger partial charge is 0.231 e. The summed E-state index contributed by atoms with van der Waals surface area (Å²) in [6.45, 7) is 13.2. The van der Waals surface area contributed by atoms with E-state index in [1.165, 1.54) is 22.1 Å². The number of oxazole rings is 1. The van der Waals surface area contributed by atoms with Crippen LogP contribution in [0.15, 0.2) is 156 Å². The Balaban J connectivity index is 1.25. The monoisotopic (exact) mass is 728 g/mol. The molecule has 0 aliphatic heterocycles. The van der Waals surface area contributed by atoms with Crippen molar-refractivity contribution in [2.75, 3.05) is 0 Å². The van der Waals surface area contributed by atoms with Crippen molar-refractivity contribution in [1.82, 2.24) is 9.97 Å². The largest absolute Gasteiger partial charge is 0.507 e. The van der Waals surface area contributed by atoms with Crippen LogP contribution in [0, 0.1) is 6.92 Å². The molecule has 9 aromatic rings. The van der Waals surface area contributed by atoms with Gasteiger partial charge in [-0.25, -0.2) is 4.98 Å². The molecule has 0 amide bonds. The van der Waals surface area contributed by atoms with Gasteiger partial charge in [0.1, 0.15) is 11.3 Å². The number of hydrogen-bond donors (Lipinski definition) is 1. The summed E-state index contributed by atoms with van der Waals surface area (Å²) in [5.74, 6) is 0.523. The van der Waals surface area contributed by atoms with E-state index >= 15 is 0 Å². The lowest BCUT2D eigenvalue weighted by atomic mass is 9.76. The van der Waals surface area contributed by atoms with Crippen molar-refractivity contribution < 1.29 is 9.52 Å². The van der Waals surface area contributed by atoms with Gasteiger partial charge in [0.05, 0.1) is 11.1 Å². The molecule has 4 heteroatoms. The van der Waals surface area contributed by atoms with E-state index in [0.717, 1.165) is 60.8 Å². The summed E-state index contributed by atoms with van der Waals surface area (Å²) < 4.78 is 6.63. The molecule has 0 fully saturated rings. The number of fused-ring (bicyclic) bond motifs is 3. The van der Waals surface area contributed by atoms with Gasteiger partial charge in [0.25, 0.3) is 0 Å². The van der Waals surface area contributed by atoms with Crippen molar-refractivity contribution in [3.8, 4) is 50.6 Å². The van der Waals surface area contributed by atoms with E-state index in [1.54, 1.807) is 6.07 Å². The van der Waals surface area contributed by atoms with Crippen molar-refractivity contribution in [1.29, 1.82) is 0 Å². The second-order valence-corrected chi connectivity index (χ2v) is 16.5. The molecule has 274 valence electrons. The van der Waals surface area contributed by atoms with Crippen molar-refractivity contribution in [2.45, 2.75) is 52.4 Å². The van der Waals surface area contributed by atoms with Gasteiger partial charge >= 0.3 is 0 Å². The lowest BCUT2D eigenvalue weighted by Crippen LogP contribution is -2.19. The van der Waals surface area contributed by atoms with Crippen LogP contribution in [0.2, 0.25) is 0 Å². The Bertz CT molecular complexity index is 2940. The minimum Gasteiger partial charge on any atom is -0.507 e. The van der Waals surface area contributed by atoms with Crippen LogP contribution in [0.1, 0.15) is 56.9 Å². The lowest BCUT2D eigenvalue weighted by Gasteiger charge is -2.28. The summed E-state index contributed by atoms with van der Waals surface area (Å²) in [5.41, 5.74) is 13.6. The molecule has 0 bridgehead atoms. The van der Waals surface area contributed by atoms with Gasteiger partial charge in [-0.3, -0.25) is 4.98 Å². The molecule has 0 unspecified atom stereocenters.